The maximum atomic E-state index is 11.2. The lowest BCUT2D eigenvalue weighted by atomic mass is 10.6. The minimum Gasteiger partial charge on any atom is -0.324 e. The molecule has 2 aromatic rings. The van der Waals surface area contributed by atoms with E-state index in [1.54, 1.807) is 0 Å². The highest BCUT2D eigenvalue weighted by Gasteiger charge is 2.09. The van der Waals surface area contributed by atoms with Gasteiger partial charge in [0.05, 0.1) is 12.9 Å². The number of nitrogens with zero attached hydrogens (tertiary/aromatic N) is 4. The zero-order chi connectivity index (χ0) is 10.8. The van der Waals surface area contributed by atoms with Gasteiger partial charge in [0.15, 0.2) is 16.7 Å². The number of aromatic nitrogens is 5. The van der Waals surface area contributed by atoms with Gasteiger partial charge in [-0.2, -0.15) is 0 Å². The molecule has 3 N–H and O–H groups in total. The molecule has 0 saturated heterocycles. The minimum absolute atomic E-state index is 0.0361. The number of hydrogen-bond donors (Lipinski definition) is 2. The third-order valence-electron chi connectivity index (χ3n) is 1.72. The molecular formula is C7H7ClN6O. The van der Waals surface area contributed by atoms with Gasteiger partial charge < -0.3 is 10.7 Å². The van der Waals surface area contributed by atoms with Gasteiger partial charge in [-0.15, -0.1) is 5.10 Å². The Morgan fingerprint density at radius 3 is 3.00 bits per heavy atom. The van der Waals surface area contributed by atoms with Gasteiger partial charge in [-0.05, 0) is 0 Å². The topological polar surface area (TPSA) is 102 Å². The fraction of sp³-hybridized carbons (Fsp3) is 0.143. The van der Waals surface area contributed by atoms with Gasteiger partial charge in [-0.1, -0.05) is 11.6 Å². The van der Waals surface area contributed by atoms with Crippen LogP contribution >= 0.6 is 11.6 Å². The molecule has 2 heterocycles. The zero-order valence-electron chi connectivity index (χ0n) is 7.51. The summed E-state index contributed by atoms with van der Waals surface area (Å²) in [4.78, 5) is 21.3. The highest BCUT2D eigenvalue weighted by Crippen LogP contribution is 2.10. The van der Waals surface area contributed by atoms with Crippen LogP contribution in [0.4, 0.5) is 0 Å². The lowest BCUT2D eigenvalue weighted by molar-refractivity contribution is 0.801. The molecule has 78 valence electrons. The van der Waals surface area contributed by atoms with E-state index in [1.165, 1.54) is 17.3 Å². The summed E-state index contributed by atoms with van der Waals surface area (Å²) in [7, 11) is 0. The standard InChI is InChI=1S/C7H7ClN6O/c8-5-6(10-2-11-7(5)15)14-3-12-4(1-9)13-14/h2-3H,1,9H2,(H,10,11,15). The van der Waals surface area contributed by atoms with E-state index in [0.29, 0.717) is 5.82 Å². The molecule has 0 atom stereocenters. The fourth-order valence-corrected chi connectivity index (χ4v) is 1.22. The first-order valence-electron chi connectivity index (χ1n) is 4.06. The summed E-state index contributed by atoms with van der Waals surface area (Å²) in [5, 5.41) is 3.95. The molecule has 0 bridgehead atoms. The molecule has 0 aliphatic carbocycles. The predicted octanol–water partition coefficient (Wildman–Crippen LogP) is -0.537. The van der Waals surface area contributed by atoms with E-state index in [4.69, 9.17) is 17.3 Å². The normalized spacial score (nSPS) is 10.5. The number of aromatic amines is 1. The van der Waals surface area contributed by atoms with Crippen LogP contribution in [0, 0.1) is 0 Å². The smallest absolute Gasteiger partial charge is 0.271 e. The Hall–Kier alpha value is -1.73. The number of rotatable bonds is 2. The fourth-order valence-electron chi connectivity index (χ4n) is 1.03. The third kappa shape index (κ3) is 1.74. The average molecular weight is 227 g/mol. The first-order chi connectivity index (χ1) is 7.22. The third-order valence-corrected chi connectivity index (χ3v) is 2.06. The maximum Gasteiger partial charge on any atom is 0.271 e. The Kier molecular flexibility index (Phi) is 2.48. The molecule has 0 aliphatic rings. The van der Waals surface area contributed by atoms with Crippen LogP contribution in [0.2, 0.25) is 5.02 Å². The second-order valence-corrected chi connectivity index (χ2v) is 3.06. The molecule has 0 fully saturated rings. The number of H-pyrrole nitrogens is 1. The summed E-state index contributed by atoms with van der Waals surface area (Å²) in [6.07, 6.45) is 2.64. The molecule has 2 aromatic heterocycles. The van der Waals surface area contributed by atoms with Gasteiger partial charge in [0, 0.05) is 0 Å². The van der Waals surface area contributed by atoms with Crippen LogP contribution in [0.1, 0.15) is 5.82 Å². The Labute approximate surface area is 88.9 Å². The lowest BCUT2D eigenvalue weighted by Gasteiger charge is -1.99. The van der Waals surface area contributed by atoms with Crippen molar-refractivity contribution in [3.05, 3.63) is 33.9 Å². The largest absolute Gasteiger partial charge is 0.324 e. The summed E-state index contributed by atoms with van der Waals surface area (Å²) < 4.78 is 1.31. The maximum absolute atomic E-state index is 11.2. The molecule has 0 aliphatic heterocycles. The van der Waals surface area contributed by atoms with Crippen molar-refractivity contribution in [1.82, 2.24) is 24.7 Å². The predicted molar refractivity (Wildman–Crippen MR) is 52.7 cm³/mol. The monoisotopic (exact) mass is 226 g/mol. The molecule has 0 amide bonds. The Balaban J connectivity index is 2.54. The van der Waals surface area contributed by atoms with E-state index in [0.717, 1.165) is 0 Å². The minimum atomic E-state index is -0.425. The average Bonchev–Trinajstić information content (AvgIpc) is 2.70. The van der Waals surface area contributed by atoms with Gasteiger partial charge in [0.2, 0.25) is 0 Å². The summed E-state index contributed by atoms with van der Waals surface area (Å²) in [6.45, 7) is 0.216. The van der Waals surface area contributed by atoms with Crippen molar-refractivity contribution in [3.63, 3.8) is 0 Å². The van der Waals surface area contributed by atoms with Crippen LogP contribution in [0.3, 0.4) is 0 Å². The first-order valence-corrected chi connectivity index (χ1v) is 4.44. The SMILES string of the molecule is NCc1ncn(-c2nc[nH]c(=O)c2Cl)n1. The van der Waals surface area contributed by atoms with Crippen molar-refractivity contribution in [2.45, 2.75) is 6.54 Å². The van der Waals surface area contributed by atoms with E-state index >= 15 is 0 Å². The van der Waals surface area contributed by atoms with Gasteiger partial charge in [0.1, 0.15) is 6.33 Å². The van der Waals surface area contributed by atoms with E-state index < -0.39 is 5.56 Å². The van der Waals surface area contributed by atoms with E-state index in [2.05, 4.69) is 20.1 Å². The van der Waals surface area contributed by atoms with Crippen LogP contribution in [-0.4, -0.2) is 24.7 Å². The molecule has 2 rings (SSSR count). The summed E-state index contributed by atoms with van der Waals surface area (Å²) in [5.41, 5.74) is 4.92. The van der Waals surface area contributed by atoms with Crippen molar-refractivity contribution in [3.8, 4) is 5.82 Å². The van der Waals surface area contributed by atoms with Gasteiger partial charge in [-0.3, -0.25) is 4.79 Å². The van der Waals surface area contributed by atoms with Crippen molar-refractivity contribution in [1.29, 1.82) is 0 Å². The second-order valence-electron chi connectivity index (χ2n) is 2.68. The number of nitrogens with two attached hydrogens (primary N) is 1. The van der Waals surface area contributed by atoms with Gasteiger partial charge >= 0.3 is 0 Å². The van der Waals surface area contributed by atoms with Crippen LogP contribution in [-0.2, 0) is 6.54 Å². The molecule has 0 radical (unpaired) electrons. The summed E-state index contributed by atoms with van der Waals surface area (Å²) in [6, 6.07) is 0. The lowest BCUT2D eigenvalue weighted by Crippen LogP contribution is -2.12. The number of hydrogen-bond acceptors (Lipinski definition) is 5. The quantitative estimate of drug-likeness (QED) is 0.716. The van der Waals surface area contributed by atoms with Crippen molar-refractivity contribution < 1.29 is 0 Å². The molecule has 0 unspecified atom stereocenters. The summed E-state index contributed by atoms with van der Waals surface area (Å²) in [5.74, 6) is 0.681. The van der Waals surface area contributed by atoms with Crippen molar-refractivity contribution in [2.75, 3.05) is 0 Å². The number of halogens is 1. The zero-order valence-corrected chi connectivity index (χ0v) is 8.27. The van der Waals surface area contributed by atoms with Crippen LogP contribution < -0.4 is 11.3 Å². The molecular weight excluding hydrogens is 220 g/mol. The summed E-state index contributed by atoms with van der Waals surface area (Å²) >= 11 is 5.75. The number of nitrogens with one attached hydrogen (secondary N) is 1. The first kappa shape index (κ1) is 9.81. The van der Waals surface area contributed by atoms with Gasteiger partial charge in [-0.25, -0.2) is 14.6 Å². The molecule has 8 heteroatoms. The molecule has 7 nitrogen and oxygen atoms in total. The van der Waals surface area contributed by atoms with E-state index in [1.807, 2.05) is 0 Å². The molecule has 0 aromatic carbocycles. The van der Waals surface area contributed by atoms with Crippen LogP contribution in [0.5, 0.6) is 0 Å². The Morgan fingerprint density at radius 2 is 2.33 bits per heavy atom. The molecule has 15 heavy (non-hydrogen) atoms. The Morgan fingerprint density at radius 1 is 1.53 bits per heavy atom. The van der Waals surface area contributed by atoms with Crippen molar-refractivity contribution in [2.24, 2.45) is 5.73 Å². The van der Waals surface area contributed by atoms with Crippen LogP contribution in [0.25, 0.3) is 5.82 Å². The van der Waals surface area contributed by atoms with E-state index in [-0.39, 0.29) is 17.4 Å². The second kappa shape index (κ2) is 3.79. The Bertz CT molecular complexity index is 532. The van der Waals surface area contributed by atoms with Crippen LogP contribution in [0.15, 0.2) is 17.4 Å². The van der Waals surface area contributed by atoms with Crippen molar-refractivity contribution >= 4 is 11.6 Å². The molecule has 0 saturated carbocycles. The highest BCUT2D eigenvalue weighted by molar-refractivity contribution is 6.31. The van der Waals surface area contributed by atoms with Gasteiger partial charge in [0.25, 0.3) is 5.56 Å². The highest BCUT2D eigenvalue weighted by atomic mass is 35.5. The van der Waals surface area contributed by atoms with E-state index in [9.17, 15) is 4.79 Å². The molecule has 0 spiro atoms.